The molecule has 3 rings (SSSR count). The van der Waals surface area contributed by atoms with Gasteiger partial charge in [-0.2, -0.15) is 18.3 Å². The topological polar surface area (TPSA) is 33.6 Å². The van der Waals surface area contributed by atoms with Crippen molar-refractivity contribution in [1.82, 2.24) is 14.8 Å². The molecular formula is C13H9BF3N3. The van der Waals surface area contributed by atoms with Gasteiger partial charge in [0.15, 0.2) is 5.69 Å². The van der Waals surface area contributed by atoms with Crippen molar-refractivity contribution in [1.29, 1.82) is 0 Å². The van der Waals surface area contributed by atoms with E-state index in [-0.39, 0.29) is 0 Å². The Morgan fingerprint density at radius 1 is 1.20 bits per heavy atom. The minimum absolute atomic E-state index is 0.402. The smallest absolute Gasteiger partial charge is 0.368 e. The van der Waals surface area contributed by atoms with Gasteiger partial charge in [-0.05, 0) is 35.2 Å². The Bertz CT molecular complexity index is 786. The zero-order valence-electron chi connectivity index (χ0n) is 10.5. The molecule has 100 valence electrons. The maximum atomic E-state index is 12.7. The van der Waals surface area contributed by atoms with E-state index < -0.39 is 11.9 Å². The van der Waals surface area contributed by atoms with Gasteiger partial charge in [0.1, 0.15) is 7.85 Å². The molecule has 2 heterocycles. The van der Waals surface area contributed by atoms with E-state index in [2.05, 4.69) is 10.1 Å². The third-order valence-corrected chi connectivity index (χ3v) is 3.11. The van der Waals surface area contributed by atoms with Crippen LogP contribution in [0.15, 0.2) is 30.3 Å². The number of aryl methyl sites for hydroxylation is 1. The molecule has 0 atom stereocenters. The van der Waals surface area contributed by atoms with Crippen LogP contribution in [0.5, 0.6) is 0 Å². The Kier molecular flexibility index (Phi) is 2.67. The normalized spacial score (nSPS) is 12.2. The molecule has 0 aliphatic heterocycles. The molecule has 0 bridgehead atoms. The highest BCUT2D eigenvalue weighted by atomic mass is 19.4. The summed E-state index contributed by atoms with van der Waals surface area (Å²) in [5, 5.41) is 4.35. The zero-order chi connectivity index (χ0) is 14.5. The number of nitrogens with zero attached hydrogens (tertiary/aromatic N) is 2. The molecule has 2 radical (unpaired) electrons. The number of halogens is 3. The molecule has 3 aromatic rings. The Balaban J connectivity index is 2.12. The van der Waals surface area contributed by atoms with Crippen LogP contribution < -0.4 is 5.59 Å². The van der Waals surface area contributed by atoms with E-state index in [9.17, 15) is 13.2 Å². The van der Waals surface area contributed by atoms with Crippen LogP contribution in [-0.2, 0) is 13.2 Å². The molecule has 0 amide bonds. The fourth-order valence-corrected chi connectivity index (χ4v) is 2.19. The first-order chi connectivity index (χ1) is 9.34. The molecule has 1 N–H and O–H groups in total. The number of hydrogen-bond acceptors (Lipinski definition) is 1. The molecule has 0 aliphatic carbocycles. The number of hydrogen-bond donors (Lipinski definition) is 1. The highest BCUT2D eigenvalue weighted by Gasteiger charge is 2.34. The van der Waals surface area contributed by atoms with Gasteiger partial charge in [0.05, 0.1) is 5.69 Å². The van der Waals surface area contributed by atoms with Gasteiger partial charge in [0, 0.05) is 18.1 Å². The van der Waals surface area contributed by atoms with Crippen LogP contribution in [0.2, 0.25) is 0 Å². The van der Waals surface area contributed by atoms with Crippen molar-refractivity contribution < 1.29 is 13.2 Å². The predicted octanol–water partition coefficient (Wildman–Crippen LogP) is 2.38. The second-order valence-electron chi connectivity index (χ2n) is 4.56. The summed E-state index contributed by atoms with van der Waals surface area (Å²) >= 11 is 0. The van der Waals surface area contributed by atoms with Crippen LogP contribution in [-0.4, -0.2) is 22.6 Å². The summed E-state index contributed by atoms with van der Waals surface area (Å²) in [5.41, 5.74) is 1.51. The van der Waals surface area contributed by atoms with E-state index in [1.165, 1.54) is 11.7 Å². The van der Waals surface area contributed by atoms with E-state index in [1.54, 1.807) is 24.3 Å². The Morgan fingerprint density at radius 2 is 1.95 bits per heavy atom. The summed E-state index contributed by atoms with van der Waals surface area (Å²) < 4.78 is 39.2. The average Bonchev–Trinajstić information content (AvgIpc) is 2.89. The summed E-state index contributed by atoms with van der Waals surface area (Å²) in [6, 6.07) is 8.06. The van der Waals surface area contributed by atoms with Crippen LogP contribution in [0.25, 0.3) is 22.2 Å². The fourth-order valence-electron chi connectivity index (χ4n) is 2.19. The maximum absolute atomic E-state index is 12.7. The molecule has 0 spiro atoms. The lowest BCUT2D eigenvalue weighted by atomic mass is 10.0. The monoisotopic (exact) mass is 275 g/mol. The van der Waals surface area contributed by atoms with Crippen molar-refractivity contribution in [3.05, 3.63) is 36.0 Å². The van der Waals surface area contributed by atoms with Gasteiger partial charge in [-0.25, -0.2) is 0 Å². The molecule has 0 unspecified atom stereocenters. The van der Waals surface area contributed by atoms with Crippen molar-refractivity contribution in [3.8, 4) is 11.3 Å². The second kappa shape index (κ2) is 4.16. The Hall–Kier alpha value is -2.18. The minimum Gasteiger partial charge on any atom is -0.368 e. The van der Waals surface area contributed by atoms with Gasteiger partial charge in [-0.15, -0.1) is 0 Å². The molecule has 0 fully saturated rings. The lowest BCUT2D eigenvalue weighted by Gasteiger charge is -2.01. The minimum atomic E-state index is -4.45. The SMILES string of the molecule is [B]c1cc2cc(-c3cc(C(F)(F)F)nn3C)ccc2[nH]1. The molecule has 2 aromatic heterocycles. The number of H-pyrrole nitrogens is 1. The van der Waals surface area contributed by atoms with Gasteiger partial charge in [-0.1, -0.05) is 6.07 Å². The third-order valence-electron chi connectivity index (χ3n) is 3.11. The molecule has 0 saturated heterocycles. The number of fused-ring (bicyclic) bond motifs is 1. The van der Waals surface area contributed by atoms with Crippen molar-refractivity contribution >= 4 is 24.3 Å². The van der Waals surface area contributed by atoms with Crippen LogP contribution in [0, 0.1) is 0 Å². The van der Waals surface area contributed by atoms with Gasteiger partial charge in [0.2, 0.25) is 0 Å². The number of benzene rings is 1. The third kappa shape index (κ3) is 2.09. The molecule has 7 heteroatoms. The van der Waals surface area contributed by atoms with Crippen molar-refractivity contribution in [2.45, 2.75) is 6.18 Å². The Labute approximate surface area is 113 Å². The van der Waals surface area contributed by atoms with E-state index in [1.807, 2.05) is 0 Å². The number of rotatable bonds is 1. The van der Waals surface area contributed by atoms with Crippen LogP contribution in [0.3, 0.4) is 0 Å². The van der Waals surface area contributed by atoms with Gasteiger partial charge in [0.25, 0.3) is 0 Å². The second-order valence-corrected chi connectivity index (χ2v) is 4.56. The Morgan fingerprint density at radius 3 is 2.60 bits per heavy atom. The number of nitrogens with one attached hydrogen (secondary N) is 1. The summed E-state index contributed by atoms with van der Waals surface area (Å²) in [4.78, 5) is 2.96. The van der Waals surface area contributed by atoms with Crippen molar-refractivity contribution in [2.75, 3.05) is 0 Å². The summed E-state index contributed by atoms with van der Waals surface area (Å²) in [6.07, 6.45) is -4.45. The van der Waals surface area contributed by atoms with Crippen LogP contribution >= 0.6 is 0 Å². The first kappa shape index (κ1) is 12.8. The predicted molar refractivity (Wildman–Crippen MR) is 70.9 cm³/mol. The quantitative estimate of drug-likeness (QED) is 0.680. The van der Waals surface area contributed by atoms with E-state index >= 15 is 0 Å². The number of alkyl halides is 3. The number of aromatic amines is 1. The van der Waals surface area contributed by atoms with Gasteiger partial charge < -0.3 is 4.98 Å². The van der Waals surface area contributed by atoms with E-state index in [0.29, 0.717) is 16.9 Å². The molecule has 3 nitrogen and oxygen atoms in total. The first-order valence-corrected chi connectivity index (χ1v) is 5.84. The largest absolute Gasteiger partial charge is 0.435 e. The molecule has 0 saturated carbocycles. The molecule has 0 aliphatic rings. The highest BCUT2D eigenvalue weighted by molar-refractivity contribution is 6.32. The molecule has 20 heavy (non-hydrogen) atoms. The lowest BCUT2D eigenvalue weighted by molar-refractivity contribution is -0.141. The standard InChI is InChI=1S/C13H9BF3N3/c1-20-10(6-11(19-20)13(15,16)17)7-2-3-9-8(4-7)5-12(14)18-9/h2-6,18H,1H3. The molecule has 1 aromatic carbocycles. The summed E-state index contributed by atoms with van der Waals surface area (Å²) in [6.45, 7) is 0. The molecular weight excluding hydrogens is 266 g/mol. The first-order valence-electron chi connectivity index (χ1n) is 5.84. The van der Waals surface area contributed by atoms with Crippen molar-refractivity contribution in [3.63, 3.8) is 0 Å². The zero-order valence-corrected chi connectivity index (χ0v) is 10.5. The summed E-state index contributed by atoms with van der Waals surface area (Å²) in [5.74, 6) is 0. The highest BCUT2D eigenvalue weighted by Crippen LogP contribution is 2.32. The van der Waals surface area contributed by atoms with Gasteiger partial charge in [-0.3, -0.25) is 4.68 Å². The maximum Gasteiger partial charge on any atom is 0.435 e. The lowest BCUT2D eigenvalue weighted by Crippen LogP contribution is -2.06. The summed E-state index contributed by atoms with van der Waals surface area (Å²) in [7, 11) is 7.13. The number of aromatic nitrogens is 3. The van der Waals surface area contributed by atoms with E-state index in [4.69, 9.17) is 7.85 Å². The van der Waals surface area contributed by atoms with Crippen LogP contribution in [0.4, 0.5) is 13.2 Å². The fraction of sp³-hybridized carbons (Fsp3) is 0.154. The average molecular weight is 275 g/mol. The van der Waals surface area contributed by atoms with Crippen molar-refractivity contribution in [2.24, 2.45) is 7.05 Å². The van der Waals surface area contributed by atoms with Gasteiger partial charge >= 0.3 is 6.18 Å². The van der Waals surface area contributed by atoms with Crippen LogP contribution in [0.1, 0.15) is 5.69 Å². The van der Waals surface area contributed by atoms with E-state index in [0.717, 1.165) is 17.0 Å².